The number of rotatable bonds is 13. The van der Waals surface area contributed by atoms with Crippen LogP contribution in [0.3, 0.4) is 0 Å². The van der Waals surface area contributed by atoms with E-state index in [1.807, 2.05) is 30.3 Å². The molecule has 7 rings (SSSR count). The second-order valence-electron chi connectivity index (χ2n) is 16.5. The van der Waals surface area contributed by atoms with Crippen molar-refractivity contribution in [2.45, 2.75) is 141 Å². The standard InChI is InChI=1S/C46H62O8/c1-30-23-38(49-27-35-17-10-6-11-18-35)42(29-48-26-34-15-8-5-9-16-34)51-40-25-41-43(53-39(40)24-30)33(4)44(50-28-36-19-12-7-13-20-36)46-45(54-41)32(3)31(2)37(52-46)21-14-22-47/h5-13,15-20,30-33,37-47H,14,21-29H2,1-4H3/t30-,31-,32-,33+,37+,38+,39-,40+,41-,42-,43+,44-,45+,46-/m0/s1. The maximum absolute atomic E-state index is 9.70. The van der Waals surface area contributed by atoms with Gasteiger partial charge < -0.3 is 38.3 Å². The van der Waals surface area contributed by atoms with Gasteiger partial charge in [-0.15, -0.1) is 0 Å². The lowest BCUT2D eigenvalue weighted by atomic mass is 9.77. The quantitative estimate of drug-likeness (QED) is 0.189. The van der Waals surface area contributed by atoms with Gasteiger partial charge in [-0.1, -0.05) is 119 Å². The summed E-state index contributed by atoms with van der Waals surface area (Å²) >= 11 is 0. The molecule has 4 heterocycles. The number of ether oxygens (including phenoxy) is 7. The van der Waals surface area contributed by atoms with Crippen molar-refractivity contribution in [3.05, 3.63) is 108 Å². The number of hydrogen-bond acceptors (Lipinski definition) is 8. The van der Waals surface area contributed by atoms with E-state index in [9.17, 15) is 5.11 Å². The molecule has 0 radical (unpaired) electrons. The molecule has 3 aromatic rings. The molecule has 4 saturated heterocycles. The summed E-state index contributed by atoms with van der Waals surface area (Å²) in [6.07, 6.45) is 2.32. The highest BCUT2D eigenvalue weighted by Crippen LogP contribution is 2.46. The van der Waals surface area contributed by atoms with Gasteiger partial charge in [0.05, 0.1) is 75.3 Å². The molecule has 0 bridgehead atoms. The van der Waals surface area contributed by atoms with Crippen LogP contribution in [0.15, 0.2) is 91.0 Å². The van der Waals surface area contributed by atoms with Crippen molar-refractivity contribution in [1.82, 2.24) is 0 Å². The maximum atomic E-state index is 9.70. The van der Waals surface area contributed by atoms with Crippen LogP contribution in [0.4, 0.5) is 0 Å². The molecule has 14 atom stereocenters. The topological polar surface area (TPSA) is 84.8 Å². The Labute approximate surface area is 322 Å². The Morgan fingerprint density at radius 2 is 1.15 bits per heavy atom. The summed E-state index contributed by atoms with van der Waals surface area (Å²) < 4.78 is 48.6. The van der Waals surface area contributed by atoms with E-state index in [4.69, 9.17) is 33.2 Å². The summed E-state index contributed by atoms with van der Waals surface area (Å²) in [4.78, 5) is 0. The SMILES string of the molecule is C[C@@H]1C[C@@H]2O[C@@H]3[C@@H](C)[C@H](OCc4ccccc4)[C@@H]4O[C@H](CCCO)[C@@H](C)[C@H](C)[C@H]4O[C@H]3C[C@H]2O[C@@H](COCc2ccccc2)[C@H](OCc2ccccc2)C1. The van der Waals surface area contributed by atoms with Crippen LogP contribution in [-0.4, -0.2) is 79.4 Å². The number of aliphatic hydroxyl groups is 1. The Morgan fingerprint density at radius 1 is 0.556 bits per heavy atom. The molecule has 4 aliphatic heterocycles. The summed E-state index contributed by atoms with van der Waals surface area (Å²) in [5.41, 5.74) is 3.42. The van der Waals surface area contributed by atoms with Gasteiger partial charge in [-0.25, -0.2) is 0 Å². The normalized spacial score (nSPS) is 36.8. The lowest BCUT2D eigenvalue weighted by Crippen LogP contribution is -2.56. The van der Waals surface area contributed by atoms with Gasteiger partial charge >= 0.3 is 0 Å². The Bertz CT molecular complexity index is 1530. The molecule has 0 aromatic heterocycles. The van der Waals surface area contributed by atoms with Gasteiger partial charge in [0, 0.05) is 18.9 Å². The van der Waals surface area contributed by atoms with E-state index in [1.165, 1.54) is 0 Å². The molecule has 0 aliphatic carbocycles. The summed E-state index contributed by atoms with van der Waals surface area (Å²) in [6.45, 7) is 11.2. The van der Waals surface area contributed by atoms with E-state index in [-0.39, 0.29) is 85.4 Å². The fourth-order valence-corrected chi connectivity index (χ4v) is 9.29. The molecular weight excluding hydrogens is 680 g/mol. The third-order valence-electron chi connectivity index (χ3n) is 12.5. The average molecular weight is 743 g/mol. The van der Waals surface area contributed by atoms with Crippen molar-refractivity contribution in [3.8, 4) is 0 Å². The second kappa shape index (κ2) is 19.0. The predicted molar refractivity (Wildman–Crippen MR) is 208 cm³/mol. The van der Waals surface area contributed by atoms with E-state index in [1.54, 1.807) is 0 Å². The first-order chi connectivity index (χ1) is 26.4. The fourth-order valence-electron chi connectivity index (χ4n) is 9.29. The Hall–Kier alpha value is -2.66. The zero-order valence-corrected chi connectivity index (χ0v) is 32.6. The minimum Gasteiger partial charge on any atom is -0.396 e. The first-order valence-electron chi connectivity index (χ1n) is 20.5. The van der Waals surface area contributed by atoms with Gasteiger partial charge in [0.15, 0.2) is 0 Å². The highest BCUT2D eigenvalue weighted by Gasteiger charge is 2.56. The number of hydrogen-bond donors (Lipinski definition) is 1. The molecule has 0 unspecified atom stereocenters. The largest absolute Gasteiger partial charge is 0.396 e. The first-order valence-corrected chi connectivity index (χ1v) is 20.5. The van der Waals surface area contributed by atoms with Gasteiger partial charge in [0.2, 0.25) is 0 Å². The van der Waals surface area contributed by atoms with Crippen LogP contribution in [0.5, 0.6) is 0 Å². The van der Waals surface area contributed by atoms with Crippen molar-refractivity contribution in [2.75, 3.05) is 13.2 Å². The van der Waals surface area contributed by atoms with E-state index < -0.39 is 0 Å². The Kier molecular flexibility index (Phi) is 13.9. The summed E-state index contributed by atoms with van der Waals surface area (Å²) in [7, 11) is 0. The lowest BCUT2D eigenvalue weighted by Gasteiger charge is -2.48. The maximum Gasteiger partial charge on any atom is 0.111 e. The van der Waals surface area contributed by atoms with Crippen molar-refractivity contribution in [2.24, 2.45) is 23.7 Å². The molecule has 294 valence electrons. The average Bonchev–Trinajstić information content (AvgIpc) is 3.30. The minimum atomic E-state index is -0.269. The summed E-state index contributed by atoms with van der Waals surface area (Å²) in [5, 5.41) is 9.70. The van der Waals surface area contributed by atoms with Crippen LogP contribution in [0, 0.1) is 23.7 Å². The van der Waals surface area contributed by atoms with Gasteiger partial charge in [0.1, 0.15) is 12.2 Å². The van der Waals surface area contributed by atoms with Crippen molar-refractivity contribution < 1.29 is 38.3 Å². The molecule has 0 saturated carbocycles. The molecule has 0 amide bonds. The minimum absolute atomic E-state index is 0.0152. The third-order valence-corrected chi connectivity index (χ3v) is 12.5. The predicted octanol–water partition coefficient (Wildman–Crippen LogP) is 7.93. The molecule has 8 heteroatoms. The van der Waals surface area contributed by atoms with Crippen molar-refractivity contribution >= 4 is 0 Å². The zero-order chi connectivity index (χ0) is 37.4. The molecular formula is C46H62O8. The first kappa shape index (κ1) is 39.6. The van der Waals surface area contributed by atoms with Crippen LogP contribution in [0.2, 0.25) is 0 Å². The van der Waals surface area contributed by atoms with Crippen molar-refractivity contribution in [1.29, 1.82) is 0 Å². The summed E-state index contributed by atoms with van der Waals surface area (Å²) in [6, 6.07) is 31.0. The van der Waals surface area contributed by atoms with Gasteiger partial charge in [0.25, 0.3) is 0 Å². The molecule has 8 nitrogen and oxygen atoms in total. The summed E-state index contributed by atoms with van der Waals surface area (Å²) in [5.74, 6) is 0.860. The van der Waals surface area contributed by atoms with Crippen LogP contribution in [-0.2, 0) is 53.0 Å². The van der Waals surface area contributed by atoms with Crippen LogP contribution >= 0.6 is 0 Å². The lowest BCUT2D eigenvalue weighted by molar-refractivity contribution is -0.259. The van der Waals surface area contributed by atoms with E-state index in [0.717, 1.165) is 42.4 Å². The molecule has 3 aromatic carbocycles. The van der Waals surface area contributed by atoms with E-state index >= 15 is 0 Å². The highest BCUT2D eigenvalue weighted by atomic mass is 16.6. The smallest absolute Gasteiger partial charge is 0.111 e. The molecule has 4 fully saturated rings. The third kappa shape index (κ3) is 9.64. The molecule has 1 N–H and O–H groups in total. The Balaban J connectivity index is 1.13. The van der Waals surface area contributed by atoms with E-state index in [2.05, 4.69) is 88.4 Å². The number of fused-ring (bicyclic) bond motifs is 3. The van der Waals surface area contributed by atoms with Gasteiger partial charge in [-0.05, 0) is 60.1 Å². The second-order valence-corrected chi connectivity index (χ2v) is 16.5. The Morgan fingerprint density at radius 3 is 1.80 bits per heavy atom. The van der Waals surface area contributed by atoms with Crippen LogP contribution in [0.1, 0.15) is 76.5 Å². The molecule has 4 aliphatic rings. The monoisotopic (exact) mass is 742 g/mol. The van der Waals surface area contributed by atoms with E-state index in [0.29, 0.717) is 38.8 Å². The van der Waals surface area contributed by atoms with Crippen LogP contribution in [0.25, 0.3) is 0 Å². The van der Waals surface area contributed by atoms with Gasteiger partial charge in [-0.3, -0.25) is 0 Å². The van der Waals surface area contributed by atoms with Gasteiger partial charge in [-0.2, -0.15) is 0 Å². The number of aliphatic hydroxyl groups excluding tert-OH is 1. The highest BCUT2D eigenvalue weighted by molar-refractivity contribution is 5.15. The molecule has 0 spiro atoms. The number of benzene rings is 3. The fraction of sp³-hybridized carbons (Fsp3) is 0.609. The van der Waals surface area contributed by atoms with Crippen molar-refractivity contribution in [3.63, 3.8) is 0 Å². The zero-order valence-electron chi connectivity index (χ0n) is 32.6. The van der Waals surface area contributed by atoms with Crippen LogP contribution < -0.4 is 0 Å². The molecule has 54 heavy (non-hydrogen) atoms.